The van der Waals surface area contributed by atoms with Gasteiger partial charge >= 0.3 is 0 Å². The van der Waals surface area contributed by atoms with Gasteiger partial charge in [-0.2, -0.15) is 11.8 Å². The largest absolute Gasteiger partial charge is 0.374 e. The molecule has 1 aliphatic heterocycles. The number of ether oxygens (including phenoxy) is 1. The fourth-order valence-electron chi connectivity index (χ4n) is 2.23. The van der Waals surface area contributed by atoms with Crippen LogP contribution in [0.2, 0.25) is 0 Å². The van der Waals surface area contributed by atoms with Gasteiger partial charge in [-0.05, 0) is 18.9 Å². The van der Waals surface area contributed by atoms with Gasteiger partial charge in [-0.25, -0.2) is 0 Å². The molecule has 0 spiro atoms. The molecule has 5 heteroatoms. The maximum Gasteiger partial charge on any atom is 0.191 e. The Labute approximate surface area is 131 Å². The molecule has 4 nitrogen and oxygen atoms in total. The zero-order chi connectivity index (χ0) is 14.9. The highest BCUT2D eigenvalue weighted by Gasteiger charge is 2.11. The van der Waals surface area contributed by atoms with Gasteiger partial charge < -0.3 is 15.4 Å². The Balaban J connectivity index is 1.63. The maximum atomic E-state index is 6.01. The molecule has 1 unspecified atom stereocenters. The fraction of sp³-hybridized carbons (Fsp3) is 0.562. The second-order valence-electron chi connectivity index (χ2n) is 5.12. The van der Waals surface area contributed by atoms with Crippen molar-refractivity contribution in [3.63, 3.8) is 0 Å². The Kier molecular flexibility index (Phi) is 6.89. The first kappa shape index (κ1) is 16.2. The molecule has 2 rings (SSSR count). The summed E-state index contributed by atoms with van der Waals surface area (Å²) < 4.78 is 5.83. The van der Waals surface area contributed by atoms with Crippen LogP contribution in [0.25, 0.3) is 0 Å². The van der Waals surface area contributed by atoms with Crippen molar-refractivity contribution in [2.45, 2.75) is 19.4 Å². The van der Waals surface area contributed by atoms with Crippen molar-refractivity contribution in [2.24, 2.45) is 10.7 Å². The molecule has 116 valence electrons. The van der Waals surface area contributed by atoms with Gasteiger partial charge in [0.1, 0.15) is 0 Å². The van der Waals surface area contributed by atoms with Crippen LogP contribution in [-0.4, -0.2) is 48.6 Å². The van der Waals surface area contributed by atoms with E-state index in [1.165, 1.54) is 5.56 Å². The van der Waals surface area contributed by atoms with E-state index in [2.05, 4.69) is 28.9 Å². The first-order valence-electron chi connectivity index (χ1n) is 7.56. The van der Waals surface area contributed by atoms with Crippen molar-refractivity contribution in [2.75, 3.05) is 37.7 Å². The predicted molar refractivity (Wildman–Crippen MR) is 90.8 cm³/mol. The molecular formula is C16H25N3OS. The predicted octanol–water partition coefficient (Wildman–Crippen LogP) is 2.52. The first-order chi connectivity index (χ1) is 10.3. The van der Waals surface area contributed by atoms with E-state index in [0.29, 0.717) is 12.6 Å². The summed E-state index contributed by atoms with van der Waals surface area (Å²) in [7, 11) is 0. The summed E-state index contributed by atoms with van der Waals surface area (Å²) in [5.41, 5.74) is 7.22. The molecular weight excluding hydrogens is 282 g/mol. The highest BCUT2D eigenvalue weighted by Crippen LogP contribution is 2.15. The third-order valence-corrected chi connectivity index (χ3v) is 4.49. The summed E-state index contributed by atoms with van der Waals surface area (Å²) in [4.78, 5) is 6.62. The third kappa shape index (κ3) is 5.59. The van der Waals surface area contributed by atoms with Crippen LogP contribution in [0.4, 0.5) is 0 Å². The Bertz CT molecular complexity index is 432. The van der Waals surface area contributed by atoms with E-state index in [1.54, 1.807) is 0 Å². The number of hydrogen-bond donors (Lipinski definition) is 1. The van der Waals surface area contributed by atoms with Gasteiger partial charge in [0.2, 0.25) is 0 Å². The molecule has 1 aromatic rings. The molecule has 0 saturated carbocycles. The lowest BCUT2D eigenvalue weighted by atomic mass is 10.1. The summed E-state index contributed by atoms with van der Waals surface area (Å²) in [6.07, 6.45) is 1.03. The van der Waals surface area contributed by atoms with Crippen LogP contribution in [-0.2, 0) is 4.74 Å². The zero-order valence-corrected chi connectivity index (χ0v) is 13.5. The van der Waals surface area contributed by atoms with E-state index in [-0.39, 0.29) is 6.10 Å². The molecule has 0 bridgehead atoms. The van der Waals surface area contributed by atoms with Gasteiger partial charge in [0.15, 0.2) is 5.96 Å². The van der Waals surface area contributed by atoms with Gasteiger partial charge in [0.25, 0.3) is 0 Å². The number of hydrogen-bond acceptors (Lipinski definition) is 3. The summed E-state index contributed by atoms with van der Waals surface area (Å²) in [6, 6.07) is 10.3. The minimum atomic E-state index is 0.131. The van der Waals surface area contributed by atoms with Crippen molar-refractivity contribution in [3.8, 4) is 0 Å². The SMILES string of the molecule is CC(OCCCN=C(N)N1CCSCC1)c1ccccc1. The average molecular weight is 307 g/mol. The lowest BCUT2D eigenvalue weighted by Gasteiger charge is -2.27. The Morgan fingerprint density at radius 3 is 2.76 bits per heavy atom. The van der Waals surface area contributed by atoms with Crippen molar-refractivity contribution in [1.82, 2.24) is 4.90 Å². The lowest BCUT2D eigenvalue weighted by Crippen LogP contribution is -2.42. The van der Waals surface area contributed by atoms with Crippen molar-refractivity contribution in [3.05, 3.63) is 35.9 Å². The normalized spacial score (nSPS) is 17.8. The van der Waals surface area contributed by atoms with E-state index >= 15 is 0 Å². The van der Waals surface area contributed by atoms with Crippen LogP contribution < -0.4 is 5.73 Å². The third-order valence-electron chi connectivity index (χ3n) is 3.55. The minimum absolute atomic E-state index is 0.131. The highest BCUT2D eigenvalue weighted by molar-refractivity contribution is 7.99. The molecule has 1 fully saturated rings. The monoisotopic (exact) mass is 307 g/mol. The number of thioether (sulfide) groups is 1. The smallest absolute Gasteiger partial charge is 0.191 e. The van der Waals surface area contributed by atoms with Gasteiger partial charge in [-0.3, -0.25) is 4.99 Å². The van der Waals surface area contributed by atoms with Crippen molar-refractivity contribution in [1.29, 1.82) is 0 Å². The van der Waals surface area contributed by atoms with E-state index in [0.717, 1.165) is 37.6 Å². The summed E-state index contributed by atoms with van der Waals surface area (Å²) in [5.74, 6) is 2.98. The molecule has 0 radical (unpaired) electrons. The topological polar surface area (TPSA) is 50.9 Å². The standard InChI is InChI=1S/C16H25N3OS/c1-14(15-6-3-2-4-7-15)20-11-5-8-18-16(17)19-9-12-21-13-10-19/h2-4,6-7,14H,5,8-13H2,1H3,(H2,17,18). The minimum Gasteiger partial charge on any atom is -0.374 e. The van der Waals surface area contributed by atoms with Crippen LogP contribution >= 0.6 is 11.8 Å². The number of rotatable bonds is 6. The number of nitrogens with two attached hydrogens (primary N) is 1. The molecule has 1 saturated heterocycles. The average Bonchev–Trinajstić information content (AvgIpc) is 2.55. The lowest BCUT2D eigenvalue weighted by molar-refractivity contribution is 0.0652. The van der Waals surface area contributed by atoms with E-state index in [1.807, 2.05) is 30.0 Å². The van der Waals surface area contributed by atoms with Crippen LogP contribution in [0.15, 0.2) is 35.3 Å². The van der Waals surface area contributed by atoms with Crippen LogP contribution in [0.5, 0.6) is 0 Å². The van der Waals surface area contributed by atoms with Gasteiger partial charge in [0, 0.05) is 37.7 Å². The maximum absolute atomic E-state index is 6.01. The number of guanidine groups is 1. The molecule has 1 aliphatic rings. The van der Waals surface area contributed by atoms with Crippen LogP contribution in [0.1, 0.15) is 25.0 Å². The summed E-state index contributed by atoms with van der Waals surface area (Å²) >= 11 is 1.98. The number of benzene rings is 1. The summed E-state index contributed by atoms with van der Waals surface area (Å²) in [5, 5.41) is 0. The molecule has 0 amide bonds. The first-order valence-corrected chi connectivity index (χ1v) is 8.72. The number of nitrogens with zero attached hydrogens (tertiary/aromatic N) is 2. The molecule has 1 heterocycles. The molecule has 1 atom stereocenters. The van der Waals surface area contributed by atoms with Crippen LogP contribution in [0, 0.1) is 0 Å². The molecule has 0 aliphatic carbocycles. The van der Waals surface area contributed by atoms with E-state index in [9.17, 15) is 0 Å². The molecule has 2 N–H and O–H groups in total. The molecule has 0 aromatic heterocycles. The zero-order valence-electron chi connectivity index (χ0n) is 12.7. The van der Waals surface area contributed by atoms with Gasteiger partial charge in [-0.15, -0.1) is 0 Å². The number of aliphatic imine (C=N–C) groups is 1. The Morgan fingerprint density at radius 1 is 1.33 bits per heavy atom. The Morgan fingerprint density at radius 2 is 2.05 bits per heavy atom. The molecule has 21 heavy (non-hydrogen) atoms. The second-order valence-corrected chi connectivity index (χ2v) is 6.34. The quantitative estimate of drug-likeness (QED) is 0.498. The fourth-order valence-corrected chi connectivity index (χ4v) is 3.13. The van der Waals surface area contributed by atoms with Crippen molar-refractivity contribution < 1.29 is 4.74 Å². The second kappa shape index (κ2) is 8.95. The summed E-state index contributed by atoms with van der Waals surface area (Å²) in [6.45, 7) is 5.56. The van der Waals surface area contributed by atoms with Gasteiger partial charge in [-0.1, -0.05) is 30.3 Å². The van der Waals surface area contributed by atoms with Gasteiger partial charge in [0.05, 0.1) is 6.10 Å². The van der Waals surface area contributed by atoms with Crippen molar-refractivity contribution >= 4 is 17.7 Å². The van der Waals surface area contributed by atoms with Crippen LogP contribution in [0.3, 0.4) is 0 Å². The highest BCUT2D eigenvalue weighted by atomic mass is 32.2. The van der Waals surface area contributed by atoms with E-state index < -0.39 is 0 Å². The van der Waals surface area contributed by atoms with E-state index in [4.69, 9.17) is 10.5 Å². The molecule has 1 aromatic carbocycles. The Hall–Kier alpha value is -1.20.